The van der Waals surface area contributed by atoms with Gasteiger partial charge in [0, 0.05) is 25.7 Å². The highest BCUT2D eigenvalue weighted by atomic mass is 35.5. The molecule has 0 aliphatic heterocycles. The first-order chi connectivity index (χ1) is 20.2. The average molecular weight is 653 g/mol. The van der Waals surface area contributed by atoms with Crippen molar-refractivity contribution in [1.82, 2.24) is 20.5 Å². The molecule has 4 atom stereocenters. The van der Waals surface area contributed by atoms with Crippen LogP contribution in [0.1, 0.15) is 63.2 Å². The number of nitrogens with one attached hydrogen (secondary N) is 4. The number of nitrogens with zero attached hydrogens (tertiary/aromatic N) is 1. The number of thiophene rings is 1. The zero-order valence-corrected chi connectivity index (χ0v) is 26.7. The summed E-state index contributed by atoms with van der Waals surface area (Å²) in [7, 11) is 1.30. The summed E-state index contributed by atoms with van der Waals surface area (Å²) in [6, 6.07) is 2.93. The average Bonchev–Trinajstić information content (AvgIpc) is 3.47. The molecule has 2 unspecified atom stereocenters. The van der Waals surface area contributed by atoms with Crippen LogP contribution in [-0.2, 0) is 25.7 Å². The summed E-state index contributed by atoms with van der Waals surface area (Å²) in [6.45, 7) is 6.48. The third kappa shape index (κ3) is 6.66. The third-order valence-corrected chi connectivity index (χ3v) is 10.9. The summed E-state index contributed by atoms with van der Waals surface area (Å²) >= 11 is 13.0. The number of aromatic nitrogens is 1. The van der Waals surface area contributed by atoms with E-state index in [-0.39, 0.29) is 62.1 Å². The van der Waals surface area contributed by atoms with Crippen molar-refractivity contribution in [2.24, 2.45) is 16.7 Å². The van der Waals surface area contributed by atoms with E-state index in [1.54, 1.807) is 0 Å². The van der Waals surface area contributed by atoms with Crippen LogP contribution in [-0.4, -0.2) is 53.1 Å². The smallest absolute Gasteiger partial charge is 0.287 e. The maximum atomic E-state index is 13.3. The maximum Gasteiger partial charge on any atom is 0.287 e. The van der Waals surface area contributed by atoms with Crippen molar-refractivity contribution in [3.8, 4) is 0 Å². The second-order valence-corrected chi connectivity index (χ2v) is 14.2. The lowest BCUT2D eigenvalue weighted by Crippen LogP contribution is -2.48. The molecule has 4 rings (SSSR count). The third-order valence-electron chi connectivity index (χ3n) is 9.38. The van der Waals surface area contributed by atoms with Gasteiger partial charge in [-0.15, -0.1) is 11.3 Å². The largest absolute Gasteiger partial charge is 0.353 e. The van der Waals surface area contributed by atoms with Gasteiger partial charge in [0.05, 0.1) is 9.90 Å². The van der Waals surface area contributed by atoms with Crippen LogP contribution in [0.3, 0.4) is 0 Å². The summed E-state index contributed by atoms with van der Waals surface area (Å²) in [4.78, 5) is 76.2. The van der Waals surface area contributed by atoms with Crippen molar-refractivity contribution in [3.05, 3.63) is 49.0 Å². The molecule has 2 aromatic heterocycles. The second kappa shape index (κ2) is 12.8. The summed E-state index contributed by atoms with van der Waals surface area (Å²) < 4.78 is 1.56. The number of rotatable bonds is 11. The Bertz CT molecular complexity index is 1520. The quantitative estimate of drug-likeness (QED) is 0.273. The molecular formula is C29H35Cl2N5O6S. The molecule has 2 heterocycles. The van der Waals surface area contributed by atoms with E-state index in [4.69, 9.17) is 23.2 Å². The van der Waals surface area contributed by atoms with E-state index in [9.17, 15) is 28.8 Å². The van der Waals surface area contributed by atoms with Gasteiger partial charge >= 0.3 is 0 Å². The highest BCUT2D eigenvalue weighted by Gasteiger charge is 2.61. The van der Waals surface area contributed by atoms with E-state index in [1.165, 1.54) is 36.0 Å². The zero-order chi connectivity index (χ0) is 31.7. The van der Waals surface area contributed by atoms with E-state index in [0.717, 1.165) is 30.6 Å². The fourth-order valence-electron chi connectivity index (χ4n) is 6.32. The number of ketones is 1. The number of hydrogen-bond donors (Lipinski definition) is 4. The number of likely N-dealkylation sites (N-methyl/N-ethyl adjacent to an activating group) is 1. The van der Waals surface area contributed by atoms with Crippen LogP contribution in [0.4, 0.5) is 5.69 Å². The highest BCUT2D eigenvalue weighted by molar-refractivity contribution is 7.20. The van der Waals surface area contributed by atoms with Gasteiger partial charge in [-0.1, -0.05) is 44.0 Å². The van der Waals surface area contributed by atoms with E-state index >= 15 is 0 Å². The number of pyridine rings is 1. The number of carbonyl (C=O) groups is 5. The first kappa shape index (κ1) is 32.7. The van der Waals surface area contributed by atoms with E-state index in [2.05, 4.69) is 42.0 Å². The van der Waals surface area contributed by atoms with Gasteiger partial charge in [0.15, 0.2) is 0 Å². The monoisotopic (exact) mass is 651 g/mol. The minimum Gasteiger partial charge on any atom is -0.353 e. The van der Waals surface area contributed by atoms with Crippen LogP contribution >= 0.6 is 34.5 Å². The van der Waals surface area contributed by atoms with E-state index < -0.39 is 35.1 Å². The van der Waals surface area contributed by atoms with Gasteiger partial charge in [-0.25, -0.2) is 0 Å². The molecular weight excluding hydrogens is 617 g/mol. The van der Waals surface area contributed by atoms with Crippen molar-refractivity contribution < 1.29 is 24.0 Å². The Balaban J connectivity index is 1.46. The molecule has 4 N–H and O–H groups in total. The number of anilines is 1. The molecule has 0 spiro atoms. The van der Waals surface area contributed by atoms with Gasteiger partial charge in [0.2, 0.25) is 17.6 Å². The van der Waals surface area contributed by atoms with Gasteiger partial charge < -0.3 is 25.8 Å². The van der Waals surface area contributed by atoms with Crippen molar-refractivity contribution in [2.75, 3.05) is 12.4 Å². The first-order valence-corrected chi connectivity index (χ1v) is 15.6. The van der Waals surface area contributed by atoms with Gasteiger partial charge in [-0.2, -0.15) is 0 Å². The van der Waals surface area contributed by atoms with Crippen molar-refractivity contribution >= 4 is 69.6 Å². The highest BCUT2D eigenvalue weighted by Crippen LogP contribution is 2.65. The molecule has 2 aliphatic carbocycles. The predicted octanol–water partition coefficient (Wildman–Crippen LogP) is 3.38. The molecule has 2 saturated carbocycles. The van der Waals surface area contributed by atoms with Crippen molar-refractivity contribution in [3.63, 3.8) is 0 Å². The predicted molar refractivity (Wildman–Crippen MR) is 164 cm³/mol. The Morgan fingerprint density at radius 1 is 1.16 bits per heavy atom. The van der Waals surface area contributed by atoms with Crippen LogP contribution in [0.25, 0.3) is 0 Å². The molecule has 4 amide bonds. The first-order valence-electron chi connectivity index (χ1n) is 14.0. The summed E-state index contributed by atoms with van der Waals surface area (Å²) in [5, 5.41) is 10.3. The number of Topliss-reactive ketones (excluding diaryl/α,β-unsaturated/α-hetero) is 1. The van der Waals surface area contributed by atoms with Crippen molar-refractivity contribution in [1.29, 1.82) is 0 Å². The van der Waals surface area contributed by atoms with Crippen molar-refractivity contribution in [2.45, 2.75) is 71.5 Å². The topological polar surface area (TPSA) is 155 Å². The van der Waals surface area contributed by atoms with Gasteiger partial charge in [0.1, 0.15) is 22.6 Å². The van der Waals surface area contributed by atoms with E-state index in [0.29, 0.717) is 5.92 Å². The summed E-state index contributed by atoms with van der Waals surface area (Å²) in [5.41, 5.74) is -0.616. The van der Waals surface area contributed by atoms with E-state index in [1.807, 2.05) is 0 Å². The Hall–Kier alpha value is -3.22. The fourth-order valence-corrected chi connectivity index (χ4v) is 7.78. The van der Waals surface area contributed by atoms with Crippen LogP contribution in [0.15, 0.2) is 29.2 Å². The van der Waals surface area contributed by atoms with Gasteiger partial charge in [-0.05, 0) is 60.6 Å². The fraction of sp³-hybridized carbons (Fsp3) is 0.517. The number of carbonyl (C=O) groups excluding carboxylic acids is 5. The number of hydrogen-bond acceptors (Lipinski definition) is 7. The molecule has 43 heavy (non-hydrogen) atoms. The molecule has 11 nitrogen and oxygen atoms in total. The number of fused-ring (bicyclic) bond motifs is 2. The molecule has 2 fully saturated rings. The van der Waals surface area contributed by atoms with Gasteiger partial charge in [-0.3, -0.25) is 28.8 Å². The lowest BCUT2D eigenvalue weighted by molar-refractivity contribution is -0.137. The lowest BCUT2D eigenvalue weighted by atomic mass is 9.69. The Morgan fingerprint density at radius 3 is 2.47 bits per heavy atom. The number of halogens is 2. The van der Waals surface area contributed by atoms with Crippen LogP contribution in [0, 0.1) is 16.7 Å². The Kier molecular flexibility index (Phi) is 9.72. The normalized spacial score (nSPS) is 22.5. The lowest BCUT2D eigenvalue weighted by Gasteiger charge is -2.39. The van der Waals surface area contributed by atoms with Gasteiger partial charge in [0.25, 0.3) is 17.4 Å². The molecule has 2 aromatic rings. The molecule has 0 saturated heterocycles. The molecule has 232 valence electrons. The molecule has 0 radical (unpaired) electrons. The molecule has 14 heteroatoms. The molecule has 2 aliphatic rings. The Labute approximate surface area is 263 Å². The van der Waals surface area contributed by atoms with Crippen LogP contribution < -0.4 is 26.8 Å². The standard InChI is InChI=1S/C29H35Cl2N5O6S/c1-28(2)15-9-10-29(28,3)20(12-15)35-22(38)14-36-11-5-6-18(27(36)42)34-25(40)17(7-8-19(37)26(41)32-4)33-24(39)16-13-21(30)43-23(16)31/h5-6,11,13,15,17,20H,7-10,12,14H2,1-4H3,(H,32,41)(H,33,39)(H,34,40)(H,35,38)/t15?,17-,20?,29-/m0/s1. The minimum absolute atomic E-state index is 0.0146. The zero-order valence-electron chi connectivity index (χ0n) is 24.3. The molecule has 2 bridgehead atoms. The minimum atomic E-state index is -1.31. The summed E-state index contributed by atoms with van der Waals surface area (Å²) in [6.07, 6.45) is 3.95. The van der Waals surface area contributed by atoms with Crippen LogP contribution in [0.2, 0.25) is 8.67 Å². The SMILES string of the molecule is CNC(=O)C(=O)CC[C@H](NC(=O)c1cc(Cl)sc1Cl)C(=O)Nc1cccn(CC(=O)NC2CC3CC[C@]2(C)C3(C)C)c1=O. The van der Waals surface area contributed by atoms with Crippen LogP contribution in [0.5, 0.6) is 0 Å². The Morgan fingerprint density at radius 2 is 1.88 bits per heavy atom. The number of amides is 4. The maximum absolute atomic E-state index is 13.3. The molecule has 0 aromatic carbocycles. The second-order valence-electron chi connectivity index (χ2n) is 11.9. The summed E-state index contributed by atoms with van der Waals surface area (Å²) in [5.74, 6) is -2.91.